The maximum absolute atomic E-state index is 2.92. The van der Waals surface area contributed by atoms with E-state index in [4.69, 9.17) is 0 Å². The maximum atomic E-state index is 2.92. The van der Waals surface area contributed by atoms with Gasteiger partial charge in [0.15, 0.2) is 0 Å². The van der Waals surface area contributed by atoms with Gasteiger partial charge in [-0.1, -0.05) is 23.7 Å². The molecular weight excluding hydrogens is 1410 g/mol. The van der Waals surface area contributed by atoms with E-state index in [0.717, 1.165) is 0 Å². The number of hydrogen-bond acceptors (Lipinski definition) is 0. The van der Waals surface area contributed by atoms with Gasteiger partial charge in [-0.05, 0) is 407 Å². The lowest BCUT2D eigenvalue weighted by Gasteiger charge is -1.95. The van der Waals surface area contributed by atoms with E-state index in [9.17, 15) is 0 Å². The molecule has 482 valence electrons. The van der Waals surface area contributed by atoms with Gasteiger partial charge in [-0.25, -0.2) is 0 Å². The molecule has 0 aliphatic rings. The summed E-state index contributed by atoms with van der Waals surface area (Å²) in [5.74, 6) is 286. The molecule has 0 aliphatic heterocycles. The summed E-state index contributed by atoms with van der Waals surface area (Å²) in [5.41, 5.74) is 0. The van der Waals surface area contributed by atoms with E-state index in [2.05, 4.69) is 663 Å². The zero-order valence-corrected chi connectivity index (χ0v) is 61.2. The van der Waals surface area contributed by atoms with Crippen LogP contribution in [0, 0.1) is 663 Å². The lowest BCUT2D eigenvalue weighted by molar-refractivity contribution is 1.92. The van der Waals surface area contributed by atoms with Gasteiger partial charge in [0.25, 0.3) is 0 Å². The van der Waals surface area contributed by atoms with E-state index in [0.29, 0.717) is 0 Å². The third kappa shape index (κ3) is 82.2. The molecule has 0 spiro atoms. The third-order valence-corrected chi connectivity index (χ3v) is 7.99. The Morgan fingerprint density at radius 3 is 0.178 bits per heavy atom. The van der Waals surface area contributed by atoms with Crippen LogP contribution in [-0.4, -0.2) is 13.2 Å². The molecule has 0 fully saturated rings. The van der Waals surface area contributed by atoms with Crippen LogP contribution in [0.1, 0.15) is 27.7 Å². The molecule has 0 aromatic rings. The van der Waals surface area contributed by atoms with Gasteiger partial charge in [0.05, 0.1) is 0 Å². The summed E-state index contributed by atoms with van der Waals surface area (Å²) < 4.78 is 0. The normalized spacial score (nSPS) is 4.20. The first-order valence-electron chi connectivity index (χ1n) is 30.5. The minimum Gasteiger partial charge on any atom is -0.130 e. The Morgan fingerprint density at radius 1 is 0.0678 bits per heavy atom. The smallest absolute Gasteiger partial charge is 0.130 e. The van der Waals surface area contributed by atoms with Gasteiger partial charge in [0, 0.05) is 237 Å². The monoisotopic (exact) mass is 1430 g/mol. The van der Waals surface area contributed by atoms with Gasteiger partial charge in [-0.2, -0.15) is 0 Å². The molecular formula is C116H12B2. The van der Waals surface area contributed by atoms with Gasteiger partial charge in [0.2, 0.25) is 0 Å². The number of rotatable bonds is 1. The largest absolute Gasteiger partial charge is 0.317 e. The van der Waals surface area contributed by atoms with Crippen molar-refractivity contribution in [2.45, 2.75) is 27.7 Å². The zero-order valence-electron chi connectivity index (χ0n) is 61.2. The molecule has 0 heterocycles. The lowest BCUT2D eigenvalue weighted by Crippen LogP contribution is -2.32. The summed E-state index contributed by atoms with van der Waals surface area (Å²) in [4.78, 5) is 0. The van der Waals surface area contributed by atoms with Gasteiger partial charge in [-0.3, -0.25) is 0 Å². The van der Waals surface area contributed by atoms with Crippen molar-refractivity contribution in [1.82, 2.24) is 0 Å². The Labute approximate surface area is 698 Å². The summed E-state index contributed by atoms with van der Waals surface area (Å²) in [6.07, 6.45) is 0. The van der Waals surface area contributed by atoms with Crippen molar-refractivity contribution in [1.29, 1.82) is 0 Å². The highest BCUT2D eigenvalue weighted by molar-refractivity contribution is 7.35. The van der Waals surface area contributed by atoms with Crippen LogP contribution in [0.4, 0.5) is 0 Å². The minimum atomic E-state index is -0.940. The molecule has 0 saturated carbocycles. The molecule has 118 heavy (non-hydrogen) atoms. The van der Waals surface area contributed by atoms with Crippen LogP contribution < -0.4 is 0 Å². The van der Waals surface area contributed by atoms with E-state index >= 15 is 0 Å². The number of hydrogen-bond donors (Lipinski definition) is 0. The summed E-state index contributed by atoms with van der Waals surface area (Å²) in [6.45, 7) is 4.81. The topological polar surface area (TPSA) is 0 Å². The molecule has 0 nitrogen and oxygen atoms in total. The van der Waals surface area contributed by atoms with Crippen LogP contribution in [-0.2, 0) is 0 Å². The summed E-state index contributed by atoms with van der Waals surface area (Å²) in [7, 11) is 0. The molecule has 0 amide bonds. The van der Waals surface area contributed by atoms with Crippen LogP contribution in [0.25, 0.3) is 0 Å². The molecule has 0 N–H and O–H groups in total. The summed E-state index contributed by atoms with van der Waals surface area (Å²) in [5, 5.41) is 0. The van der Waals surface area contributed by atoms with Crippen molar-refractivity contribution < 1.29 is 0 Å². The van der Waals surface area contributed by atoms with Crippen molar-refractivity contribution in [2.24, 2.45) is 0 Å². The molecule has 0 unspecified atom stereocenters. The summed E-state index contributed by atoms with van der Waals surface area (Å²) in [6, 6.07) is 0. The summed E-state index contributed by atoms with van der Waals surface area (Å²) >= 11 is 0. The van der Waals surface area contributed by atoms with E-state index in [1.165, 1.54) is 0 Å². The lowest BCUT2D eigenvalue weighted by atomic mass is 9.10. The van der Waals surface area contributed by atoms with Gasteiger partial charge in [-0.15, -0.1) is 23.3 Å². The molecule has 0 atom stereocenters. The predicted molar refractivity (Wildman–Crippen MR) is 470 cm³/mol. The highest BCUT2D eigenvalue weighted by Crippen LogP contribution is 1.88. The highest BCUT2D eigenvalue weighted by atomic mass is 13.7. The Morgan fingerprint density at radius 2 is 0.119 bits per heavy atom. The van der Waals surface area contributed by atoms with Crippen molar-refractivity contribution in [2.75, 3.05) is 0 Å². The molecule has 0 aromatic heterocycles. The van der Waals surface area contributed by atoms with Gasteiger partial charge >= 0.3 is 13.2 Å². The average molecular weight is 1430 g/mol. The maximum Gasteiger partial charge on any atom is 0.317 e. The second-order valence-corrected chi connectivity index (χ2v) is 15.5. The van der Waals surface area contributed by atoms with E-state index in [-0.39, 0.29) is 0 Å². The van der Waals surface area contributed by atoms with Crippen LogP contribution in [0.2, 0.25) is 0 Å². The second-order valence-electron chi connectivity index (χ2n) is 15.5. The van der Waals surface area contributed by atoms with Crippen LogP contribution in [0.5, 0.6) is 0 Å². The van der Waals surface area contributed by atoms with Gasteiger partial charge in [0.1, 0.15) is 0 Å². The van der Waals surface area contributed by atoms with E-state index < -0.39 is 13.2 Å². The fourth-order valence-electron chi connectivity index (χ4n) is 4.11. The molecule has 0 aliphatic carbocycles. The first kappa shape index (κ1) is 93.5. The SMILES string of the molecule is CC#CC#CC#CC#CC#CC#CC#CC#CC#CC#CC#CC#CC#CC#CB(C#CC#CC#CC#CC#CC#CC#CC#CC#CC#CC#CC#CC#CC#CC)B(C#CC#CC#CC#CC#CC#CC#CC#CC#CC#CC#CC#CC#CC#CC)C#CC#CC#CC#CC#CC#CC#CC#CC#CC#CC#CC#CC#CC#CC. The van der Waals surface area contributed by atoms with Crippen molar-refractivity contribution in [3.63, 3.8) is 0 Å². The van der Waals surface area contributed by atoms with Crippen LogP contribution >= 0.6 is 0 Å². The first-order chi connectivity index (χ1) is 58.8. The van der Waals surface area contributed by atoms with Crippen LogP contribution in [0.3, 0.4) is 0 Å². The zero-order chi connectivity index (χ0) is 84.4. The molecule has 0 saturated heterocycles. The quantitative estimate of drug-likeness (QED) is 0.277. The first-order valence-corrected chi connectivity index (χ1v) is 30.5. The highest BCUT2D eigenvalue weighted by Gasteiger charge is 2.24. The Bertz CT molecular complexity index is 7370. The van der Waals surface area contributed by atoms with Crippen molar-refractivity contribution >= 4 is 13.2 Å². The van der Waals surface area contributed by atoms with Crippen molar-refractivity contribution in [3.8, 4) is 663 Å². The fraction of sp³-hybridized carbons (Fsp3) is 0.0345. The van der Waals surface area contributed by atoms with E-state index in [1.807, 2.05) is 0 Å². The Hall–Kier alpha value is -24.5. The average Bonchev–Trinajstić information content (AvgIpc) is 0.914. The molecule has 2 heteroatoms. The third-order valence-electron chi connectivity index (χ3n) is 7.99. The van der Waals surface area contributed by atoms with Crippen molar-refractivity contribution in [3.05, 3.63) is 0 Å². The fourth-order valence-corrected chi connectivity index (χ4v) is 4.11. The Balaban J connectivity index is 7.29. The van der Waals surface area contributed by atoms with Crippen LogP contribution in [0.15, 0.2) is 0 Å². The second kappa shape index (κ2) is 88.6. The Kier molecular flexibility index (Phi) is 70.2. The van der Waals surface area contributed by atoms with E-state index in [1.54, 1.807) is 27.7 Å². The molecule has 0 aromatic carbocycles. The molecule has 0 rings (SSSR count). The minimum absolute atomic E-state index is 0.940. The molecule has 0 bridgehead atoms. The van der Waals surface area contributed by atoms with Gasteiger partial charge < -0.3 is 0 Å². The predicted octanol–water partition coefficient (Wildman–Crippen LogP) is 1.48. The molecule has 0 radical (unpaired) electrons. The standard InChI is InChI=1S/C116H12B2/c1-5-9-13-17-21-25-29-33-37-41-45-49-53-57-61-65-69-73-77-81-85-89-93-97-101-105-109-113-117(114-110-106-102-98-94-90-86-82-78-74-70-66-62-58-54-50-46-42-38-34-30-26-22-18-14-10-6-2)118(115-111-107-103-99-95-91-87-83-79-75-71-67-63-59-55-51-47-43-39-35-31-27-23-19-15-11-7-3)116-112-108-104-100-96-92-88-84-80-76-72-68-64-60-56-52-48-44-40-36-32-28-24-20-16-12-8-4/h1-4H3.